The highest BCUT2D eigenvalue weighted by Gasteiger charge is 2.16. The third-order valence-electron chi connectivity index (χ3n) is 2.22. The zero-order valence-electron chi connectivity index (χ0n) is 8.71. The topological polar surface area (TPSA) is 69.6 Å². The van der Waals surface area contributed by atoms with Gasteiger partial charge >= 0.3 is 5.97 Å². The van der Waals surface area contributed by atoms with Gasteiger partial charge in [-0.25, -0.2) is 0 Å². The number of aliphatic hydroxyl groups excluding tert-OH is 1. The van der Waals surface area contributed by atoms with Gasteiger partial charge in [0.15, 0.2) is 0 Å². The summed E-state index contributed by atoms with van der Waals surface area (Å²) in [6, 6.07) is 8.36. The molecule has 1 rings (SSSR count). The lowest BCUT2D eigenvalue weighted by molar-refractivity contribution is -0.138. The van der Waals surface area contributed by atoms with Crippen LogP contribution in [0.15, 0.2) is 30.3 Å². The first-order chi connectivity index (χ1) is 7.65. The minimum Gasteiger partial charge on any atom is -0.480 e. The molecule has 0 aromatic heterocycles. The van der Waals surface area contributed by atoms with E-state index < -0.39 is 18.1 Å². The molecule has 0 radical (unpaired) electrons. The van der Waals surface area contributed by atoms with Crippen LogP contribution in [0, 0.1) is 0 Å². The molecule has 0 aliphatic heterocycles. The number of benzene rings is 1. The van der Waals surface area contributed by atoms with Gasteiger partial charge in [0, 0.05) is 12.3 Å². The fourth-order valence-corrected chi connectivity index (χ4v) is 1.56. The lowest BCUT2D eigenvalue weighted by Crippen LogP contribution is -2.40. The molecule has 0 heterocycles. The van der Waals surface area contributed by atoms with Gasteiger partial charge in [0.2, 0.25) is 0 Å². The first kappa shape index (κ1) is 13.0. The molecule has 0 spiro atoms. The van der Waals surface area contributed by atoms with E-state index in [4.69, 9.17) is 5.11 Å². The second-order valence-electron chi connectivity index (χ2n) is 3.41. The molecule has 2 atom stereocenters. The molecule has 0 aliphatic rings. The van der Waals surface area contributed by atoms with Gasteiger partial charge in [-0.05, 0) is 5.56 Å². The average molecular weight is 241 g/mol. The number of rotatable bonds is 6. The van der Waals surface area contributed by atoms with Gasteiger partial charge in [-0.3, -0.25) is 4.79 Å². The van der Waals surface area contributed by atoms with E-state index in [0.717, 1.165) is 5.56 Å². The molecule has 0 saturated carbocycles. The summed E-state index contributed by atoms with van der Waals surface area (Å²) >= 11 is 3.92. The standard InChI is InChI=1S/C11H15NO3S/c13-10(8-4-2-1-3-5-8)6-12-9(7-16)11(14)15/h1-5,9-10,12-13,16H,6-7H2,(H,14,15)/t9-,10+/m1/s1. The van der Waals surface area contributed by atoms with E-state index in [9.17, 15) is 9.90 Å². The number of carboxylic acid groups (broad SMARTS) is 1. The maximum absolute atomic E-state index is 10.7. The molecule has 0 amide bonds. The summed E-state index contributed by atoms with van der Waals surface area (Å²) in [6.07, 6.45) is -0.706. The van der Waals surface area contributed by atoms with Crippen LogP contribution in [0.1, 0.15) is 11.7 Å². The lowest BCUT2D eigenvalue weighted by Gasteiger charge is -2.15. The monoisotopic (exact) mass is 241 g/mol. The number of aliphatic carboxylic acids is 1. The molecular formula is C11H15NO3S. The Hall–Kier alpha value is -1.04. The summed E-state index contributed by atoms with van der Waals surface area (Å²) in [6.45, 7) is 0.196. The van der Waals surface area contributed by atoms with Gasteiger partial charge in [-0.15, -0.1) is 0 Å². The molecule has 0 unspecified atom stereocenters. The van der Waals surface area contributed by atoms with Crippen molar-refractivity contribution < 1.29 is 15.0 Å². The Kier molecular flexibility index (Phi) is 5.31. The molecule has 1 aromatic carbocycles. The quantitative estimate of drug-likeness (QED) is 0.553. The highest BCUT2D eigenvalue weighted by atomic mass is 32.1. The van der Waals surface area contributed by atoms with Crippen molar-refractivity contribution in [3.8, 4) is 0 Å². The van der Waals surface area contributed by atoms with Gasteiger partial charge in [-0.2, -0.15) is 12.6 Å². The number of nitrogens with one attached hydrogen (secondary N) is 1. The average Bonchev–Trinajstić information content (AvgIpc) is 2.30. The van der Waals surface area contributed by atoms with E-state index in [0.29, 0.717) is 0 Å². The van der Waals surface area contributed by atoms with Crippen molar-refractivity contribution in [3.05, 3.63) is 35.9 Å². The van der Waals surface area contributed by atoms with E-state index in [1.165, 1.54) is 0 Å². The van der Waals surface area contributed by atoms with Crippen LogP contribution in [0.25, 0.3) is 0 Å². The fourth-order valence-electron chi connectivity index (χ4n) is 1.28. The smallest absolute Gasteiger partial charge is 0.321 e. The van der Waals surface area contributed by atoms with Crippen LogP contribution in [-0.4, -0.2) is 34.5 Å². The first-order valence-electron chi connectivity index (χ1n) is 4.95. The molecule has 16 heavy (non-hydrogen) atoms. The minimum atomic E-state index is -0.963. The molecular weight excluding hydrogens is 226 g/mol. The highest BCUT2D eigenvalue weighted by Crippen LogP contribution is 2.10. The Morgan fingerprint density at radius 1 is 1.38 bits per heavy atom. The Morgan fingerprint density at radius 3 is 2.50 bits per heavy atom. The van der Waals surface area contributed by atoms with Crippen molar-refractivity contribution in [1.29, 1.82) is 0 Å². The third-order valence-corrected chi connectivity index (χ3v) is 2.59. The van der Waals surface area contributed by atoms with Crippen molar-refractivity contribution in [2.45, 2.75) is 12.1 Å². The van der Waals surface area contributed by atoms with E-state index in [2.05, 4.69) is 17.9 Å². The van der Waals surface area contributed by atoms with E-state index >= 15 is 0 Å². The predicted molar refractivity (Wildman–Crippen MR) is 64.7 cm³/mol. The summed E-state index contributed by atoms with van der Waals surface area (Å²) in [7, 11) is 0. The fraction of sp³-hybridized carbons (Fsp3) is 0.364. The first-order valence-corrected chi connectivity index (χ1v) is 5.58. The molecule has 4 nitrogen and oxygen atoms in total. The van der Waals surface area contributed by atoms with E-state index in [1.807, 2.05) is 18.2 Å². The van der Waals surface area contributed by atoms with E-state index in [1.54, 1.807) is 12.1 Å². The molecule has 3 N–H and O–H groups in total. The molecule has 5 heteroatoms. The van der Waals surface area contributed by atoms with Crippen LogP contribution >= 0.6 is 12.6 Å². The number of thiol groups is 1. The summed E-state index contributed by atoms with van der Waals surface area (Å²) in [5, 5.41) is 21.3. The van der Waals surface area contributed by atoms with Crippen molar-refractivity contribution in [3.63, 3.8) is 0 Å². The number of carbonyl (C=O) groups is 1. The number of hydrogen-bond donors (Lipinski definition) is 4. The number of aliphatic hydroxyl groups is 1. The van der Waals surface area contributed by atoms with Crippen LogP contribution < -0.4 is 5.32 Å². The highest BCUT2D eigenvalue weighted by molar-refractivity contribution is 7.80. The largest absolute Gasteiger partial charge is 0.480 e. The van der Waals surface area contributed by atoms with Crippen LogP contribution in [0.2, 0.25) is 0 Å². The maximum atomic E-state index is 10.7. The molecule has 0 aliphatic carbocycles. The van der Waals surface area contributed by atoms with Crippen LogP contribution in [-0.2, 0) is 4.79 Å². The Bertz CT molecular complexity index is 331. The Balaban J connectivity index is 2.46. The van der Waals surface area contributed by atoms with Gasteiger partial charge < -0.3 is 15.5 Å². The summed E-state index contributed by atoms with van der Waals surface area (Å²) in [5.41, 5.74) is 0.762. The zero-order chi connectivity index (χ0) is 12.0. The van der Waals surface area contributed by atoms with Crippen molar-refractivity contribution in [2.75, 3.05) is 12.3 Å². The van der Waals surface area contributed by atoms with Gasteiger partial charge in [-0.1, -0.05) is 30.3 Å². The Labute approximate surface area is 99.7 Å². The summed E-state index contributed by atoms with van der Waals surface area (Å²) in [4.78, 5) is 10.7. The predicted octanol–water partition coefficient (Wildman–Crippen LogP) is 0.693. The summed E-state index contributed by atoms with van der Waals surface area (Å²) in [5.74, 6) is -0.771. The van der Waals surface area contributed by atoms with Crippen molar-refractivity contribution in [2.24, 2.45) is 0 Å². The van der Waals surface area contributed by atoms with Crippen LogP contribution in [0.3, 0.4) is 0 Å². The number of hydrogen-bond acceptors (Lipinski definition) is 4. The minimum absolute atomic E-state index is 0.191. The number of carboxylic acids is 1. The van der Waals surface area contributed by atoms with E-state index in [-0.39, 0.29) is 12.3 Å². The molecule has 0 bridgehead atoms. The normalized spacial score (nSPS) is 14.4. The maximum Gasteiger partial charge on any atom is 0.321 e. The second kappa shape index (κ2) is 6.52. The van der Waals surface area contributed by atoms with Crippen molar-refractivity contribution >= 4 is 18.6 Å². The van der Waals surface area contributed by atoms with Gasteiger partial charge in [0.25, 0.3) is 0 Å². The molecule has 0 fully saturated rings. The molecule has 0 saturated heterocycles. The lowest BCUT2D eigenvalue weighted by atomic mass is 10.1. The van der Waals surface area contributed by atoms with Crippen molar-refractivity contribution in [1.82, 2.24) is 5.32 Å². The zero-order valence-corrected chi connectivity index (χ0v) is 9.60. The van der Waals surface area contributed by atoms with Crippen LogP contribution in [0.5, 0.6) is 0 Å². The Morgan fingerprint density at radius 2 is 2.00 bits per heavy atom. The van der Waals surface area contributed by atoms with Crippen LogP contribution in [0.4, 0.5) is 0 Å². The summed E-state index contributed by atoms with van der Waals surface area (Å²) < 4.78 is 0. The van der Waals surface area contributed by atoms with Gasteiger partial charge in [0.05, 0.1) is 6.10 Å². The molecule has 88 valence electrons. The third kappa shape index (κ3) is 3.84. The van der Waals surface area contributed by atoms with Gasteiger partial charge in [0.1, 0.15) is 6.04 Å². The SMILES string of the molecule is O=C(O)[C@@H](CS)NC[C@H](O)c1ccccc1. The second-order valence-corrected chi connectivity index (χ2v) is 3.77. The molecule has 1 aromatic rings.